The van der Waals surface area contributed by atoms with E-state index in [4.69, 9.17) is 14.2 Å². The van der Waals surface area contributed by atoms with Crippen molar-refractivity contribution in [1.82, 2.24) is 10.3 Å². The maximum atomic E-state index is 11.1. The van der Waals surface area contributed by atoms with E-state index in [1.807, 2.05) is 43.3 Å². The maximum absolute atomic E-state index is 11.1. The van der Waals surface area contributed by atoms with Gasteiger partial charge in [-0.25, -0.2) is 4.98 Å². The summed E-state index contributed by atoms with van der Waals surface area (Å²) in [6, 6.07) is 15.0. The zero-order valence-corrected chi connectivity index (χ0v) is 19.4. The number of thiazole rings is 1. The Balaban J connectivity index is 1.42. The third-order valence-electron chi connectivity index (χ3n) is 4.98. The van der Waals surface area contributed by atoms with Crippen LogP contribution in [0.4, 0.5) is 0 Å². The number of nitriles is 1. The van der Waals surface area contributed by atoms with E-state index in [2.05, 4.69) is 16.4 Å². The van der Waals surface area contributed by atoms with Crippen molar-refractivity contribution in [3.05, 3.63) is 54.2 Å². The van der Waals surface area contributed by atoms with Crippen LogP contribution in [0.1, 0.15) is 32.3 Å². The predicted octanol–water partition coefficient (Wildman–Crippen LogP) is 5.17. The molecule has 1 amide bonds. The largest absolute Gasteiger partial charge is 0.493 e. The van der Waals surface area contributed by atoms with Crippen LogP contribution >= 0.6 is 11.3 Å². The third-order valence-corrected chi connectivity index (χ3v) is 5.92. The molecule has 1 aromatic heterocycles. The minimum Gasteiger partial charge on any atom is -0.493 e. The maximum Gasteiger partial charge on any atom is 0.217 e. The lowest BCUT2D eigenvalue weighted by Crippen LogP contribution is -2.35. The first-order valence-electron chi connectivity index (χ1n) is 10.8. The van der Waals surface area contributed by atoms with E-state index in [-0.39, 0.29) is 11.9 Å². The number of ether oxygens (including phenoxy) is 3. The molecule has 1 fully saturated rings. The molecule has 1 N–H and O–H groups in total. The molecular weight excluding hydrogens is 438 g/mol. The van der Waals surface area contributed by atoms with E-state index in [1.54, 1.807) is 12.3 Å². The molecule has 4 rings (SSSR count). The Kier molecular flexibility index (Phi) is 7.10. The second kappa shape index (κ2) is 10.4. The molecule has 170 valence electrons. The average molecular weight is 464 g/mol. The zero-order chi connectivity index (χ0) is 23.2. The first-order chi connectivity index (χ1) is 16.0. The summed E-state index contributed by atoms with van der Waals surface area (Å²) in [6.07, 6.45) is 4.10. The fourth-order valence-corrected chi connectivity index (χ4v) is 3.99. The molecule has 1 unspecified atom stereocenters. The van der Waals surface area contributed by atoms with Gasteiger partial charge in [0.2, 0.25) is 5.91 Å². The number of nitrogens with one attached hydrogen (secondary N) is 1. The van der Waals surface area contributed by atoms with Crippen LogP contribution in [0.3, 0.4) is 0 Å². The molecule has 0 radical (unpaired) electrons. The minimum atomic E-state index is -0.114. The standard InChI is InChI=1S/C25H25N3O4S/c1-16(28-17(2)29)14-31-24-13-27-25(33-24)23-9-8-22(10-19(23)12-26)32-21-5-3-4-20(11-21)30-15-18-6-7-18/h3-5,8-11,13,16,18H,6-7,14-15H2,1-2H3,(H,28,29). The first kappa shape index (κ1) is 22.6. The van der Waals surface area contributed by atoms with Gasteiger partial charge in [-0.2, -0.15) is 5.26 Å². The second-order valence-corrected chi connectivity index (χ2v) is 9.04. The molecule has 3 aromatic rings. The Bertz CT molecular complexity index is 1170. The number of benzene rings is 2. The number of rotatable bonds is 10. The van der Waals surface area contributed by atoms with Gasteiger partial charge in [0, 0.05) is 18.6 Å². The molecule has 1 heterocycles. The van der Waals surface area contributed by atoms with Gasteiger partial charge in [-0.05, 0) is 56.0 Å². The van der Waals surface area contributed by atoms with E-state index < -0.39 is 0 Å². The Morgan fingerprint density at radius 3 is 2.76 bits per heavy atom. The van der Waals surface area contributed by atoms with Crippen molar-refractivity contribution >= 4 is 17.2 Å². The van der Waals surface area contributed by atoms with E-state index in [0.717, 1.165) is 12.4 Å². The highest BCUT2D eigenvalue weighted by Gasteiger charge is 2.22. The summed E-state index contributed by atoms with van der Waals surface area (Å²) in [5.74, 6) is 2.57. The van der Waals surface area contributed by atoms with Gasteiger partial charge in [-0.15, -0.1) is 0 Å². The fraction of sp³-hybridized carbons (Fsp3) is 0.320. The summed E-state index contributed by atoms with van der Waals surface area (Å²) in [4.78, 5) is 15.5. The normalized spacial score (nSPS) is 13.6. The van der Waals surface area contributed by atoms with E-state index in [1.165, 1.54) is 31.1 Å². The number of carbonyl (C=O) groups is 1. The summed E-state index contributed by atoms with van der Waals surface area (Å²) in [7, 11) is 0. The quantitative estimate of drug-likeness (QED) is 0.446. The lowest BCUT2D eigenvalue weighted by atomic mass is 10.1. The molecule has 8 heteroatoms. The molecule has 7 nitrogen and oxygen atoms in total. The van der Waals surface area contributed by atoms with Gasteiger partial charge in [-0.1, -0.05) is 17.4 Å². The highest BCUT2D eigenvalue weighted by atomic mass is 32.1. The van der Waals surface area contributed by atoms with Crippen LogP contribution < -0.4 is 19.5 Å². The molecule has 0 aliphatic heterocycles. The topological polar surface area (TPSA) is 93.5 Å². The third kappa shape index (κ3) is 6.46. The summed E-state index contributed by atoms with van der Waals surface area (Å²) in [6.45, 7) is 4.41. The number of hydrogen-bond donors (Lipinski definition) is 1. The number of carbonyl (C=O) groups excluding carboxylic acids is 1. The molecular formula is C25H25N3O4S. The Morgan fingerprint density at radius 2 is 2.00 bits per heavy atom. The summed E-state index contributed by atoms with van der Waals surface area (Å²) in [5.41, 5.74) is 1.17. The smallest absolute Gasteiger partial charge is 0.217 e. The molecule has 1 aliphatic carbocycles. The van der Waals surface area contributed by atoms with Crippen LogP contribution in [0, 0.1) is 17.2 Å². The van der Waals surface area contributed by atoms with Crippen molar-refractivity contribution < 1.29 is 19.0 Å². The molecule has 33 heavy (non-hydrogen) atoms. The van der Waals surface area contributed by atoms with Gasteiger partial charge in [-0.3, -0.25) is 4.79 Å². The number of aromatic nitrogens is 1. The summed E-state index contributed by atoms with van der Waals surface area (Å²) in [5, 5.41) is 13.8. The fourth-order valence-electron chi connectivity index (χ4n) is 3.17. The molecule has 0 spiro atoms. The number of amides is 1. The van der Waals surface area contributed by atoms with Crippen LogP contribution in [0.2, 0.25) is 0 Å². The molecule has 0 bridgehead atoms. The molecule has 2 aromatic carbocycles. The van der Waals surface area contributed by atoms with Gasteiger partial charge in [0.1, 0.15) is 34.9 Å². The van der Waals surface area contributed by atoms with Gasteiger partial charge in [0.25, 0.3) is 0 Å². The zero-order valence-electron chi connectivity index (χ0n) is 18.5. The van der Waals surface area contributed by atoms with Crippen molar-refractivity contribution in [3.63, 3.8) is 0 Å². The van der Waals surface area contributed by atoms with E-state index in [9.17, 15) is 10.1 Å². The van der Waals surface area contributed by atoms with Crippen LogP contribution in [0.5, 0.6) is 22.3 Å². The van der Waals surface area contributed by atoms with Crippen molar-refractivity contribution in [2.75, 3.05) is 13.2 Å². The van der Waals surface area contributed by atoms with Crippen molar-refractivity contribution in [2.45, 2.75) is 32.7 Å². The number of nitrogens with zero attached hydrogens (tertiary/aromatic N) is 2. The van der Waals surface area contributed by atoms with Crippen LogP contribution in [-0.4, -0.2) is 30.1 Å². The van der Waals surface area contributed by atoms with Crippen LogP contribution in [-0.2, 0) is 4.79 Å². The molecule has 1 saturated carbocycles. The van der Waals surface area contributed by atoms with Crippen LogP contribution in [0.25, 0.3) is 10.6 Å². The van der Waals surface area contributed by atoms with Gasteiger partial charge < -0.3 is 19.5 Å². The van der Waals surface area contributed by atoms with Crippen molar-refractivity contribution in [2.24, 2.45) is 5.92 Å². The summed E-state index contributed by atoms with van der Waals surface area (Å²) >= 11 is 1.35. The highest BCUT2D eigenvalue weighted by Crippen LogP contribution is 2.35. The minimum absolute atomic E-state index is 0.102. The second-order valence-electron chi connectivity index (χ2n) is 8.05. The lowest BCUT2D eigenvalue weighted by molar-refractivity contribution is -0.119. The molecule has 1 aliphatic rings. The predicted molar refractivity (Wildman–Crippen MR) is 126 cm³/mol. The first-order valence-corrected chi connectivity index (χ1v) is 11.6. The Hall–Kier alpha value is -3.57. The summed E-state index contributed by atoms with van der Waals surface area (Å²) < 4.78 is 17.5. The van der Waals surface area contributed by atoms with Gasteiger partial charge >= 0.3 is 0 Å². The van der Waals surface area contributed by atoms with Crippen molar-refractivity contribution in [1.29, 1.82) is 5.26 Å². The van der Waals surface area contributed by atoms with E-state index in [0.29, 0.717) is 45.2 Å². The highest BCUT2D eigenvalue weighted by molar-refractivity contribution is 7.16. The average Bonchev–Trinajstić information content (AvgIpc) is 3.51. The molecule has 1 atom stereocenters. The lowest BCUT2D eigenvalue weighted by Gasteiger charge is -2.12. The monoisotopic (exact) mass is 463 g/mol. The van der Waals surface area contributed by atoms with Gasteiger partial charge in [0.05, 0.1) is 24.4 Å². The number of hydrogen-bond acceptors (Lipinski definition) is 7. The Labute approximate surface area is 196 Å². The van der Waals surface area contributed by atoms with Crippen molar-refractivity contribution in [3.8, 4) is 39.0 Å². The Morgan fingerprint density at radius 1 is 1.21 bits per heavy atom. The molecule has 0 saturated heterocycles. The SMILES string of the molecule is CC(=O)NC(C)COc1cnc(-c2ccc(Oc3cccc(OCC4CC4)c3)cc2C#N)s1. The van der Waals surface area contributed by atoms with E-state index >= 15 is 0 Å². The van der Waals surface area contributed by atoms with Crippen LogP contribution in [0.15, 0.2) is 48.7 Å². The van der Waals surface area contributed by atoms with Gasteiger partial charge in [0.15, 0.2) is 5.06 Å².